The summed E-state index contributed by atoms with van der Waals surface area (Å²) in [6.07, 6.45) is -0.967. The third-order valence-corrected chi connectivity index (χ3v) is 5.24. The fourth-order valence-electron chi connectivity index (χ4n) is 2.81. The highest BCUT2D eigenvalue weighted by atomic mass is 79.9. The fourth-order valence-corrected chi connectivity index (χ4v) is 3.30. The number of hydrogen-bond donors (Lipinski definition) is 1. The second-order valence-corrected chi connectivity index (χ2v) is 6.48. The number of hydrogen-bond acceptors (Lipinski definition) is 2. The van der Waals surface area contributed by atoms with E-state index in [1.54, 1.807) is 0 Å². The number of halogens is 3. The van der Waals surface area contributed by atoms with Crippen molar-refractivity contribution >= 4 is 27.5 Å². The van der Waals surface area contributed by atoms with Crippen molar-refractivity contribution in [2.75, 3.05) is 0 Å². The molecule has 0 aromatic heterocycles. The molecule has 1 fully saturated rings. The Kier molecular flexibility index (Phi) is 4.56. The molecule has 0 radical (unpaired) electrons. The van der Waals surface area contributed by atoms with E-state index in [0.29, 0.717) is 9.50 Å². The molecule has 0 saturated carbocycles. The summed E-state index contributed by atoms with van der Waals surface area (Å²) in [5.74, 6) is -0.434. The van der Waals surface area contributed by atoms with Crippen molar-refractivity contribution in [1.29, 1.82) is 0 Å². The van der Waals surface area contributed by atoms with Gasteiger partial charge in [0.15, 0.2) is 0 Å². The van der Waals surface area contributed by atoms with E-state index in [-0.39, 0.29) is 29.6 Å². The Morgan fingerprint density at radius 2 is 1.95 bits per heavy atom. The predicted octanol–water partition coefficient (Wildman–Crippen LogP) is 4.33. The highest BCUT2D eigenvalue weighted by Crippen LogP contribution is 2.42. The van der Waals surface area contributed by atoms with Crippen LogP contribution in [0.4, 0.5) is 4.39 Å². The lowest BCUT2D eigenvalue weighted by Gasteiger charge is -2.25. The Morgan fingerprint density at radius 3 is 2.47 bits per heavy atom. The van der Waals surface area contributed by atoms with Crippen LogP contribution in [0.3, 0.4) is 0 Å². The molecule has 5 atom stereocenters. The molecule has 0 aliphatic carbocycles. The maximum absolute atomic E-state index is 14.0. The number of rotatable bonds is 2. The summed E-state index contributed by atoms with van der Waals surface area (Å²) in [5, 5.41) is 10.9. The van der Waals surface area contributed by atoms with Gasteiger partial charge in [0.1, 0.15) is 5.82 Å². The van der Waals surface area contributed by atoms with Crippen LogP contribution in [0.15, 0.2) is 16.6 Å². The van der Waals surface area contributed by atoms with Gasteiger partial charge in [0.05, 0.1) is 23.3 Å². The van der Waals surface area contributed by atoms with Gasteiger partial charge in [0.2, 0.25) is 0 Å². The van der Waals surface area contributed by atoms with E-state index in [4.69, 9.17) is 16.3 Å². The van der Waals surface area contributed by atoms with Crippen LogP contribution in [0.25, 0.3) is 0 Å². The van der Waals surface area contributed by atoms with Gasteiger partial charge in [-0.05, 0) is 47.8 Å². The monoisotopic (exact) mass is 350 g/mol. The van der Waals surface area contributed by atoms with Crippen molar-refractivity contribution in [1.82, 2.24) is 0 Å². The summed E-state index contributed by atoms with van der Waals surface area (Å²) in [6.45, 7) is 5.89. The van der Waals surface area contributed by atoms with Gasteiger partial charge in [0.25, 0.3) is 0 Å². The topological polar surface area (TPSA) is 29.5 Å². The van der Waals surface area contributed by atoms with Crippen LogP contribution in [-0.4, -0.2) is 17.3 Å². The summed E-state index contributed by atoms with van der Waals surface area (Å²) >= 11 is 9.15. The lowest BCUT2D eigenvalue weighted by molar-refractivity contribution is 0.0220. The van der Waals surface area contributed by atoms with Crippen molar-refractivity contribution in [2.45, 2.75) is 39.1 Å². The average molecular weight is 352 g/mol. The summed E-state index contributed by atoms with van der Waals surface area (Å²) in [4.78, 5) is 0. The molecule has 0 bridgehead atoms. The third-order valence-electron chi connectivity index (χ3n) is 4.04. The van der Waals surface area contributed by atoms with E-state index in [9.17, 15) is 9.50 Å². The van der Waals surface area contributed by atoms with Crippen molar-refractivity contribution in [3.8, 4) is 0 Å². The van der Waals surface area contributed by atoms with Gasteiger partial charge in [-0.25, -0.2) is 4.39 Å². The second-order valence-electron chi connectivity index (χ2n) is 5.22. The third kappa shape index (κ3) is 2.82. The zero-order chi connectivity index (χ0) is 14.3. The first-order valence-corrected chi connectivity index (χ1v) is 7.48. The summed E-state index contributed by atoms with van der Waals surface area (Å²) in [6, 6.07) is 2.77. The largest absolute Gasteiger partial charge is 0.388 e. The highest BCUT2D eigenvalue weighted by Gasteiger charge is 2.42. The first-order valence-electron chi connectivity index (χ1n) is 6.31. The molecule has 1 heterocycles. The molecule has 1 N–H and O–H groups in total. The molecule has 5 heteroatoms. The van der Waals surface area contributed by atoms with Crippen molar-refractivity contribution in [3.63, 3.8) is 0 Å². The molecule has 1 aliphatic heterocycles. The summed E-state index contributed by atoms with van der Waals surface area (Å²) in [5.41, 5.74) is 0.231. The molecule has 106 valence electrons. The molecule has 1 saturated heterocycles. The van der Waals surface area contributed by atoms with E-state index in [2.05, 4.69) is 15.9 Å². The van der Waals surface area contributed by atoms with Gasteiger partial charge < -0.3 is 9.84 Å². The van der Waals surface area contributed by atoms with Gasteiger partial charge >= 0.3 is 0 Å². The minimum atomic E-state index is -0.916. The SMILES string of the molecule is CC1OC(C)C(C(O)c2cc(Cl)c(Br)cc2F)C1C. The normalized spacial score (nSPS) is 32.6. The maximum Gasteiger partial charge on any atom is 0.130 e. The first-order chi connectivity index (χ1) is 8.82. The first kappa shape index (κ1) is 15.2. The quantitative estimate of drug-likeness (QED) is 0.803. The number of benzene rings is 1. The Hall–Kier alpha value is -0.160. The molecule has 1 aromatic carbocycles. The molecular weight excluding hydrogens is 335 g/mol. The minimum absolute atomic E-state index is 0.0589. The Bertz CT molecular complexity index is 483. The van der Waals surface area contributed by atoms with Crippen LogP contribution in [-0.2, 0) is 4.74 Å². The standard InChI is InChI=1S/C14H17BrClFO2/c1-6-7(2)19-8(3)13(6)14(18)9-4-11(16)10(15)5-12(9)17/h4-8,13-14,18H,1-3H3. The molecule has 5 unspecified atom stereocenters. The van der Waals surface area contributed by atoms with E-state index in [1.165, 1.54) is 12.1 Å². The zero-order valence-electron chi connectivity index (χ0n) is 11.0. The minimum Gasteiger partial charge on any atom is -0.388 e. The van der Waals surface area contributed by atoms with Gasteiger partial charge in [-0.2, -0.15) is 0 Å². The van der Waals surface area contributed by atoms with Crippen LogP contribution in [0.5, 0.6) is 0 Å². The average Bonchev–Trinajstić information content (AvgIpc) is 2.57. The van der Waals surface area contributed by atoms with Gasteiger partial charge in [-0.3, -0.25) is 0 Å². The molecule has 2 rings (SSSR count). The number of aliphatic hydroxyl groups is 1. The lowest BCUT2D eigenvalue weighted by Crippen LogP contribution is -2.25. The maximum atomic E-state index is 14.0. The van der Waals surface area contributed by atoms with E-state index in [0.717, 1.165) is 0 Å². The van der Waals surface area contributed by atoms with Crippen molar-refractivity contribution in [2.24, 2.45) is 11.8 Å². The molecular formula is C14H17BrClFO2. The van der Waals surface area contributed by atoms with Crippen LogP contribution in [0, 0.1) is 17.7 Å². The predicted molar refractivity (Wildman–Crippen MR) is 76.7 cm³/mol. The van der Waals surface area contributed by atoms with E-state index >= 15 is 0 Å². The van der Waals surface area contributed by atoms with Crippen molar-refractivity contribution in [3.05, 3.63) is 33.0 Å². The number of aliphatic hydroxyl groups excluding tert-OH is 1. The van der Waals surface area contributed by atoms with Crippen molar-refractivity contribution < 1.29 is 14.2 Å². The van der Waals surface area contributed by atoms with Gasteiger partial charge in [0, 0.05) is 16.0 Å². The number of ether oxygens (including phenoxy) is 1. The summed E-state index contributed by atoms with van der Waals surface area (Å²) in [7, 11) is 0. The Labute approximate surface area is 126 Å². The fraction of sp³-hybridized carbons (Fsp3) is 0.571. The zero-order valence-corrected chi connectivity index (χ0v) is 13.4. The molecule has 0 amide bonds. The van der Waals surface area contributed by atoms with Crippen LogP contribution < -0.4 is 0 Å². The molecule has 2 nitrogen and oxygen atoms in total. The Morgan fingerprint density at radius 1 is 1.32 bits per heavy atom. The molecule has 19 heavy (non-hydrogen) atoms. The summed E-state index contributed by atoms with van der Waals surface area (Å²) < 4.78 is 20.2. The van der Waals surface area contributed by atoms with Gasteiger partial charge in [-0.15, -0.1) is 0 Å². The molecule has 1 aliphatic rings. The van der Waals surface area contributed by atoms with Crippen LogP contribution in [0.2, 0.25) is 5.02 Å². The Balaban J connectivity index is 2.34. The lowest BCUT2D eigenvalue weighted by atomic mass is 9.82. The molecule has 1 aromatic rings. The highest BCUT2D eigenvalue weighted by molar-refractivity contribution is 9.10. The smallest absolute Gasteiger partial charge is 0.130 e. The van der Waals surface area contributed by atoms with Gasteiger partial charge in [-0.1, -0.05) is 18.5 Å². The second kappa shape index (κ2) is 5.68. The molecule has 0 spiro atoms. The van der Waals surface area contributed by atoms with Crippen LogP contribution >= 0.6 is 27.5 Å². The van der Waals surface area contributed by atoms with E-state index in [1.807, 2.05) is 20.8 Å². The van der Waals surface area contributed by atoms with Crippen LogP contribution in [0.1, 0.15) is 32.4 Å². The van der Waals surface area contributed by atoms with E-state index < -0.39 is 11.9 Å².